The second-order valence-corrected chi connectivity index (χ2v) is 4.55. The number of aliphatic hydroxyl groups excluding tert-OH is 1. The Morgan fingerprint density at radius 2 is 1.88 bits per heavy atom. The molecule has 3 heteroatoms. The number of halogens is 1. The van der Waals surface area contributed by atoms with E-state index in [2.05, 4.69) is 19.2 Å². The molecule has 1 aromatic rings. The average molecular weight is 239 g/mol. The Morgan fingerprint density at radius 1 is 1.29 bits per heavy atom. The summed E-state index contributed by atoms with van der Waals surface area (Å²) in [6.45, 7) is 6.22. The zero-order valence-corrected chi connectivity index (χ0v) is 10.8. The van der Waals surface area contributed by atoms with Crippen LogP contribution in [-0.2, 0) is 5.54 Å². The van der Waals surface area contributed by atoms with E-state index in [0.29, 0.717) is 6.04 Å². The van der Waals surface area contributed by atoms with Crippen molar-refractivity contribution in [2.24, 2.45) is 0 Å². The molecule has 1 rings (SSSR count). The summed E-state index contributed by atoms with van der Waals surface area (Å²) in [6.07, 6.45) is 1.75. The molecule has 0 bridgehead atoms. The van der Waals surface area contributed by atoms with Crippen LogP contribution in [0.1, 0.15) is 39.2 Å². The number of hydrogen-bond acceptors (Lipinski definition) is 2. The van der Waals surface area contributed by atoms with Gasteiger partial charge in [0.25, 0.3) is 0 Å². The molecule has 2 unspecified atom stereocenters. The van der Waals surface area contributed by atoms with Crippen molar-refractivity contribution in [1.82, 2.24) is 5.32 Å². The van der Waals surface area contributed by atoms with Gasteiger partial charge in [-0.05, 0) is 37.5 Å². The standard InChI is InChI=1S/C14H22FNO/c1-4-11(3)16-14(5-2,10-17)12-6-8-13(15)9-7-12/h6-9,11,16-17H,4-5,10H2,1-3H3. The lowest BCUT2D eigenvalue weighted by Crippen LogP contribution is -2.49. The van der Waals surface area contributed by atoms with E-state index in [1.54, 1.807) is 12.1 Å². The molecule has 0 saturated heterocycles. The van der Waals surface area contributed by atoms with E-state index in [9.17, 15) is 9.50 Å². The highest BCUT2D eigenvalue weighted by molar-refractivity contribution is 5.25. The molecule has 0 spiro atoms. The monoisotopic (exact) mass is 239 g/mol. The molecule has 0 saturated carbocycles. The van der Waals surface area contributed by atoms with E-state index < -0.39 is 5.54 Å². The molecule has 2 N–H and O–H groups in total. The van der Waals surface area contributed by atoms with Gasteiger partial charge in [0.1, 0.15) is 5.82 Å². The molecule has 0 aromatic heterocycles. The lowest BCUT2D eigenvalue weighted by Gasteiger charge is -2.35. The molecule has 17 heavy (non-hydrogen) atoms. The largest absolute Gasteiger partial charge is 0.394 e. The quantitative estimate of drug-likeness (QED) is 0.800. The van der Waals surface area contributed by atoms with Gasteiger partial charge in [-0.1, -0.05) is 26.0 Å². The number of hydrogen-bond donors (Lipinski definition) is 2. The van der Waals surface area contributed by atoms with Crippen molar-refractivity contribution in [2.75, 3.05) is 6.61 Å². The Balaban J connectivity index is 3.01. The lowest BCUT2D eigenvalue weighted by atomic mass is 9.87. The summed E-state index contributed by atoms with van der Waals surface area (Å²) in [5, 5.41) is 13.1. The predicted molar refractivity (Wildman–Crippen MR) is 68.3 cm³/mol. The zero-order valence-electron chi connectivity index (χ0n) is 10.8. The van der Waals surface area contributed by atoms with Crippen LogP contribution < -0.4 is 5.32 Å². The summed E-state index contributed by atoms with van der Waals surface area (Å²) in [7, 11) is 0. The van der Waals surface area contributed by atoms with Crippen molar-refractivity contribution in [2.45, 2.75) is 45.2 Å². The summed E-state index contributed by atoms with van der Waals surface area (Å²) in [4.78, 5) is 0. The fraction of sp³-hybridized carbons (Fsp3) is 0.571. The van der Waals surface area contributed by atoms with Gasteiger partial charge in [-0.25, -0.2) is 4.39 Å². The van der Waals surface area contributed by atoms with Crippen LogP contribution in [0.5, 0.6) is 0 Å². The topological polar surface area (TPSA) is 32.3 Å². The molecule has 1 aromatic carbocycles. The molecule has 0 amide bonds. The predicted octanol–water partition coefficient (Wildman–Crippen LogP) is 2.81. The zero-order chi connectivity index (χ0) is 12.9. The highest BCUT2D eigenvalue weighted by atomic mass is 19.1. The Kier molecular flexibility index (Phi) is 5.09. The van der Waals surface area contributed by atoms with E-state index in [4.69, 9.17) is 0 Å². The Morgan fingerprint density at radius 3 is 2.29 bits per heavy atom. The maximum atomic E-state index is 12.9. The van der Waals surface area contributed by atoms with E-state index >= 15 is 0 Å². The van der Waals surface area contributed by atoms with E-state index in [-0.39, 0.29) is 12.4 Å². The van der Waals surface area contributed by atoms with Crippen molar-refractivity contribution in [3.05, 3.63) is 35.6 Å². The van der Waals surface area contributed by atoms with Crippen LogP contribution in [0.15, 0.2) is 24.3 Å². The van der Waals surface area contributed by atoms with Gasteiger partial charge in [0.2, 0.25) is 0 Å². The normalized spacial score (nSPS) is 16.5. The second kappa shape index (κ2) is 6.12. The first-order chi connectivity index (χ1) is 8.07. The van der Waals surface area contributed by atoms with Crippen LogP contribution in [0, 0.1) is 5.82 Å². The first-order valence-corrected chi connectivity index (χ1v) is 6.22. The number of benzene rings is 1. The Labute approximate surface area is 103 Å². The SMILES string of the molecule is CCC(C)NC(CC)(CO)c1ccc(F)cc1. The third-order valence-electron chi connectivity index (χ3n) is 3.41. The molecular weight excluding hydrogens is 217 g/mol. The molecule has 0 fully saturated rings. The smallest absolute Gasteiger partial charge is 0.123 e. The molecule has 2 atom stereocenters. The minimum Gasteiger partial charge on any atom is -0.394 e. The van der Waals surface area contributed by atoms with Crippen LogP contribution in [0.4, 0.5) is 4.39 Å². The molecule has 0 aliphatic heterocycles. The summed E-state index contributed by atoms with van der Waals surface area (Å²) < 4.78 is 12.9. The fourth-order valence-electron chi connectivity index (χ4n) is 1.98. The van der Waals surface area contributed by atoms with Crippen molar-refractivity contribution in [3.63, 3.8) is 0 Å². The minimum atomic E-state index is -0.469. The van der Waals surface area contributed by atoms with Gasteiger partial charge >= 0.3 is 0 Å². The summed E-state index contributed by atoms with van der Waals surface area (Å²) in [5.41, 5.74) is 0.465. The number of aliphatic hydroxyl groups is 1. The van der Waals surface area contributed by atoms with Crippen LogP contribution >= 0.6 is 0 Å². The molecule has 0 aliphatic rings. The van der Waals surface area contributed by atoms with Crippen molar-refractivity contribution in [1.29, 1.82) is 0 Å². The highest BCUT2D eigenvalue weighted by Crippen LogP contribution is 2.25. The summed E-state index contributed by atoms with van der Waals surface area (Å²) >= 11 is 0. The Bertz CT molecular complexity index is 333. The van der Waals surface area contributed by atoms with Crippen molar-refractivity contribution >= 4 is 0 Å². The maximum absolute atomic E-state index is 12.9. The maximum Gasteiger partial charge on any atom is 0.123 e. The van der Waals surface area contributed by atoms with E-state index in [1.165, 1.54) is 12.1 Å². The van der Waals surface area contributed by atoms with Gasteiger partial charge < -0.3 is 10.4 Å². The molecule has 0 aliphatic carbocycles. The average Bonchev–Trinajstić information content (AvgIpc) is 2.37. The highest BCUT2D eigenvalue weighted by Gasteiger charge is 2.30. The van der Waals surface area contributed by atoms with Crippen molar-refractivity contribution < 1.29 is 9.50 Å². The summed E-state index contributed by atoms with van der Waals surface area (Å²) in [6, 6.07) is 6.67. The van der Waals surface area contributed by atoms with E-state index in [1.807, 2.05) is 6.92 Å². The first-order valence-electron chi connectivity index (χ1n) is 6.22. The lowest BCUT2D eigenvalue weighted by molar-refractivity contribution is 0.143. The molecule has 0 heterocycles. The van der Waals surface area contributed by atoms with Gasteiger partial charge in [-0.15, -0.1) is 0 Å². The third kappa shape index (κ3) is 3.27. The van der Waals surface area contributed by atoms with Gasteiger partial charge in [-0.3, -0.25) is 0 Å². The first kappa shape index (κ1) is 14.1. The molecule has 0 radical (unpaired) electrons. The third-order valence-corrected chi connectivity index (χ3v) is 3.41. The van der Waals surface area contributed by atoms with Crippen molar-refractivity contribution in [3.8, 4) is 0 Å². The van der Waals surface area contributed by atoms with Crippen LogP contribution in [0.2, 0.25) is 0 Å². The van der Waals surface area contributed by atoms with Crippen LogP contribution in [0.3, 0.4) is 0 Å². The number of rotatable bonds is 6. The van der Waals surface area contributed by atoms with Gasteiger partial charge in [0, 0.05) is 6.04 Å². The molecule has 2 nitrogen and oxygen atoms in total. The minimum absolute atomic E-state index is 0.0134. The fourth-order valence-corrected chi connectivity index (χ4v) is 1.98. The second-order valence-electron chi connectivity index (χ2n) is 4.55. The van der Waals surface area contributed by atoms with E-state index in [0.717, 1.165) is 18.4 Å². The van der Waals surface area contributed by atoms with Gasteiger partial charge in [0.05, 0.1) is 12.1 Å². The van der Waals surface area contributed by atoms with Gasteiger partial charge in [-0.2, -0.15) is 0 Å². The molecule has 96 valence electrons. The molecular formula is C14H22FNO. The van der Waals surface area contributed by atoms with Crippen LogP contribution in [-0.4, -0.2) is 17.8 Å². The summed E-state index contributed by atoms with van der Waals surface area (Å²) in [5.74, 6) is -0.250. The van der Waals surface area contributed by atoms with Gasteiger partial charge in [0.15, 0.2) is 0 Å². The Hall–Kier alpha value is -0.930. The number of nitrogens with one attached hydrogen (secondary N) is 1. The van der Waals surface area contributed by atoms with Crippen LogP contribution in [0.25, 0.3) is 0 Å².